The van der Waals surface area contributed by atoms with E-state index in [0.717, 1.165) is 79.9 Å². The summed E-state index contributed by atoms with van der Waals surface area (Å²) in [6.45, 7) is 5.89. The van der Waals surface area contributed by atoms with Gasteiger partial charge in [0, 0.05) is 111 Å². The van der Waals surface area contributed by atoms with E-state index in [1.165, 1.54) is 35.3 Å². The van der Waals surface area contributed by atoms with Crippen molar-refractivity contribution in [2.75, 3.05) is 26.2 Å². The summed E-state index contributed by atoms with van der Waals surface area (Å²) in [5.74, 6) is 15.2. The first-order valence-corrected chi connectivity index (χ1v) is 36.5. The molecule has 6 aliphatic heterocycles. The van der Waals surface area contributed by atoms with Crippen molar-refractivity contribution >= 4 is 22.8 Å². The van der Waals surface area contributed by atoms with Gasteiger partial charge in [0.25, 0.3) is 0 Å². The number of fused-ring (bicyclic) bond motifs is 8. The number of rotatable bonds is 11. The molecule has 11 aliphatic rings. The van der Waals surface area contributed by atoms with Crippen LogP contribution < -0.4 is 41.8 Å². The van der Waals surface area contributed by atoms with Crippen LogP contribution in [0, 0.1) is 75.9 Å². The predicted molar refractivity (Wildman–Crippen MR) is 375 cm³/mol. The third kappa shape index (κ3) is 11.3. The van der Waals surface area contributed by atoms with E-state index in [9.17, 15) is 25.2 Å². The fourth-order valence-corrected chi connectivity index (χ4v) is 21.0. The zero-order chi connectivity index (χ0) is 67.3. The van der Waals surface area contributed by atoms with Crippen LogP contribution in [0.2, 0.25) is 0 Å². The number of aliphatic imine (C=N–C) groups is 1. The van der Waals surface area contributed by atoms with Crippen LogP contribution >= 0.6 is 0 Å². The van der Waals surface area contributed by atoms with Gasteiger partial charge in [-0.1, -0.05) is 73.9 Å². The molecular formula is C80H92N10O9. The first-order chi connectivity index (χ1) is 48.2. The molecule has 0 amide bonds. The summed E-state index contributed by atoms with van der Waals surface area (Å²) < 4.78 is 30.4. The van der Waals surface area contributed by atoms with Gasteiger partial charge >= 0.3 is 5.97 Å². The van der Waals surface area contributed by atoms with Gasteiger partial charge in [0.15, 0.2) is 29.0 Å². The quantitative estimate of drug-likeness (QED) is 0.0327. The van der Waals surface area contributed by atoms with Gasteiger partial charge in [0.2, 0.25) is 5.75 Å². The predicted octanol–water partition coefficient (Wildman–Crippen LogP) is 10.0. The van der Waals surface area contributed by atoms with E-state index in [-0.39, 0.29) is 83.1 Å². The molecule has 9 bridgehead atoms. The van der Waals surface area contributed by atoms with Crippen molar-refractivity contribution in [2.24, 2.45) is 63.0 Å². The number of dihydropyridines is 1. The van der Waals surface area contributed by atoms with Crippen molar-refractivity contribution in [3.05, 3.63) is 155 Å². The molecule has 1 spiro atoms. The number of benzene rings is 3. The van der Waals surface area contributed by atoms with Gasteiger partial charge in [-0.3, -0.25) is 20.1 Å². The lowest BCUT2D eigenvalue weighted by Crippen LogP contribution is -2.76. The molecule has 2 saturated heterocycles. The third-order valence-corrected chi connectivity index (χ3v) is 25.1. The number of hydrogen-bond acceptors (Lipinski definition) is 17. The Morgan fingerprint density at radius 3 is 2.74 bits per heavy atom. The number of guanidine groups is 1. The molecule has 17 rings (SSSR count). The maximum absolute atomic E-state index is 14.1. The number of aromatic hydroxyl groups is 3. The van der Waals surface area contributed by atoms with Crippen LogP contribution in [0.3, 0.4) is 0 Å². The Kier molecular flexibility index (Phi) is 16.5. The van der Waals surface area contributed by atoms with Crippen LogP contribution in [0.5, 0.6) is 28.7 Å². The van der Waals surface area contributed by atoms with Gasteiger partial charge < -0.3 is 75.9 Å². The molecule has 516 valence electrons. The van der Waals surface area contributed by atoms with E-state index in [0.29, 0.717) is 87.0 Å². The van der Waals surface area contributed by atoms with Crippen LogP contribution in [0.15, 0.2) is 126 Å². The average Bonchev–Trinajstić information content (AvgIpc) is 1.68. The number of allylic oxidation sites excluding steroid dienone is 2. The second-order valence-electron chi connectivity index (χ2n) is 30.7. The average molecular weight is 1340 g/mol. The van der Waals surface area contributed by atoms with Crippen molar-refractivity contribution in [1.82, 2.24) is 41.1 Å². The molecular weight excluding hydrogens is 1240 g/mol. The van der Waals surface area contributed by atoms with E-state index < -0.39 is 65.6 Å². The first kappa shape index (κ1) is 63.8. The number of H-pyrrole nitrogens is 1. The number of esters is 1. The van der Waals surface area contributed by atoms with E-state index in [1.807, 2.05) is 30.5 Å². The Balaban J connectivity index is 0.867. The molecule has 99 heavy (non-hydrogen) atoms. The number of carbonyl (C=O) groups is 1. The van der Waals surface area contributed by atoms with Crippen molar-refractivity contribution in [1.29, 1.82) is 0 Å². The number of aliphatic hydroxyl groups excluding tert-OH is 1. The van der Waals surface area contributed by atoms with Crippen LogP contribution in [0.25, 0.3) is 10.9 Å². The monoisotopic (exact) mass is 1340 g/mol. The van der Waals surface area contributed by atoms with E-state index in [2.05, 4.69) is 121 Å². The van der Waals surface area contributed by atoms with Gasteiger partial charge in [-0.25, -0.2) is 0 Å². The molecule has 3 aromatic carbocycles. The number of carbonyl (C=O) groups excluding carboxylic acids is 1. The number of aliphatic hydroxyl groups is 1. The molecule has 12 N–H and O–H groups in total. The second kappa shape index (κ2) is 25.5. The smallest absolute Gasteiger partial charge is 0.302 e. The van der Waals surface area contributed by atoms with Crippen molar-refractivity contribution in [3.8, 4) is 52.4 Å². The Morgan fingerprint density at radius 2 is 1.88 bits per heavy atom. The van der Waals surface area contributed by atoms with Gasteiger partial charge in [-0.15, -0.1) is 5.92 Å². The highest BCUT2D eigenvalue weighted by molar-refractivity contribution is 5.83. The lowest BCUT2D eigenvalue weighted by Gasteiger charge is -2.59. The molecule has 19 heteroatoms. The number of phenolic OH excluding ortho intramolecular Hbond substituents is 3. The molecule has 9 heterocycles. The maximum Gasteiger partial charge on any atom is 0.302 e. The minimum absolute atomic E-state index is 0.0101. The van der Waals surface area contributed by atoms with E-state index >= 15 is 0 Å². The molecule has 19 atom stereocenters. The number of nitrogens with zero attached hydrogens (tertiary/aromatic N) is 3. The van der Waals surface area contributed by atoms with Gasteiger partial charge in [0.1, 0.15) is 24.6 Å². The van der Waals surface area contributed by atoms with Crippen LogP contribution in [-0.2, 0) is 33.5 Å². The summed E-state index contributed by atoms with van der Waals surface area (Å²) in [5.41, 5.74) is 13.2. The number of nitrogens with two attached hydrogens (primary N) is 1. The zero-order valence-corrected chi connectivity index (χ0v) is 56.5. The van der Waals surface area contributed by atoms with Crippen molar-refractivity contribution < 1.29 is 44.2 Å². The Bertz CT molecular complexity index is 4300. The fraction of sp³-hybridized carbons (Fsp3) is 0.512. The minimum atomic E-state index is -1.11. The van der Waals surface area contributed by atoms with Crippen molar-refractivity contribution in [2.45, 2.75) is 177 Å². The molecule has 5 aliphatic carbocycles. The van der Waals surface area contributed by atoms with Crippen LogP contribution in [0.4, 0.5) is 0 Å². The third-order valence-electron chi connectivity index (χ3n) is 25.1. The topological polar surface area (TPSA) is 267 Å². The number of aromatic nitrogens is 3. The second-order valence-corrected chi connectivity index (χ2v) is 30.7. The van der Waals surface area contributed by atoms with Crippen LogP contribution in [-0.4, -0.2) is 109 Å². The summed E-state index contributed by atoms with van der Waals surface area (Å²) in [6.07, 6.45) is 21.2. The lowest BCUT2D eigenvalue weighted by atomic mass is 9.55. The summed E-state index contributed by atoms with van der Waals surface area (Å²) >= 11 is 0. The summed E-state index contributed by atoms with van der Waals surface area (Å²) in [7, 11) is 0. The van der Waals surface area contributed by atoms with E-state index in [1.54, 1.807) is 24.5 Å². The highest BCUT2D eigenvalue weighted by Gasteiger charge is 2.64. The highest BCUT2D eigenvalue weighted by Crippen LogP contribution is 2.66. The highest BCUT2D eigenvalue weighted by atomic mass is 16.6. The largest absolute Gasteiger partial charge is 0.504 e. The number of phenols is 3. The number of nitrogens with one attached hydrogen (secondary N) is 6. The molecule has 4 saturated carbocycles. The number of pyridine rings is 1. The standard InChI is InChI=1S/C80H92N10O9/c1-3-83-72-69-51-11-6-13-55(69)56-21-26-78(70(56)72,38-48-22-28-85-68(81)34-48)44-86-77-88-75(90-42-52-23-29-84-60(52)43-90)71-76(95)87-59-14-5-4-10-50(59)12-7-25-79-39-47-15-20-61(92)66(32-47)98-65-33-49(31-51)40-80(71,89-77)58(65)19-17-54(79)16-18-57-64(97-45(2)91)37-63(99-74(57)79)53-35-62(93)73(94)67(36-53)96-30-24-46-9-8-27-82-41-46/h6,8-9,11,13,15,20,22-23,27,29,32,34-36,41-43,49-50,54,56-59,63-65,70-72,74-76,83-85,87,92-95H,3-5,10,14,16,18,21,24-26,28,30-31,33,37-40,44,81H2,1-2H3,(H2,86,88,89). The summed E-state index contributed by atoms with van der Waals surface area (Å²) in [6, 6.07) is 21.9. The summed E-state index contributed by atoms with van der Waals surface area (Å²) in [5, 5.41) is 70.4. The Labute approximate surface area is 578 Å². The van der Waals surface area contributed by atoms with Crippen molar-refractivity contribution in [3.63, 3.8) is 0 Å². The fourth-order valence-electron chi connectivity index (χ4n) is 21.0. The number of aromatic amines is 1. The molecule has 6 aromatic rings. The number of ether oxygens (including phenoxy) is 4. The Hall–Kier alpha value is -8.59. The summed E-state index contributed by atoms with van der Waals surface area (Å²) in [4.78, 5) is 27.3. The normalized spacial score (nSPS) is 35.3. The van der Waals surface area contributed by atoms with Gasteiger partial charge in [-0.05, 0) is 182 Å². The lowest BCUT2D eigenvalue weighted by molar-refractivity contribution is -0.219. The minimum Gasteiger partial charge on any atom is -0.504 e. The van der Waals surface area contributed by atoms with Gasteiger partial charge in [-0.2, -0.15) is 0 Å². The maximum atomic E-state index is 14.1. The van der Waals surface area contributed by atoms with Gasteiger partial charge in [0.05, 0.1) is 47.5 Å². The zero-order valence-electron chi connectivity index (χ0n) is 56.5. The van der Waals surface area contributed by atoms with E-state index in [4.69, 9.17) is 29.7 Å². The SMILES string of the molecule is CCNC1c2c3cccc2C2CCC(CC4=CCNC(N)=C4)(CN=C4NC(n5cc6cc[nH]c6c5)C5C(O)NC6CCCCC6C#CCC67Cc8ccc(O)c(c8)OC8CC(C3)CC5(N4)C8C#CC6CCC3C(OC(C)=O)CC(c4cc(O)c(O)c(OCCc5cccnc5)c4)OC37)C21. The molecule has 0 radical (unpaired) electrons. The first-order valence-electron chi connectivity index (χ1n) is 36.5. The number of hydrogen-bond donors (Lipinski definition) is 11. The molecule has 3 aromatic heterocycles. The Morgan fingerprint density at radius 1 is 0.970 bits per heavy atom. The molecule has 19 nitrogen and oxygen atoms in total. The molecule has 19 unspecified atom stereocenters. The van der Waals surface area contributed by atoms with Crippen LogP contribution in [0.1, 0.15) is 155 Å². The molecule has 6 fully saturated rings.